The van der Waals surface area contributed by atoms with Gasteiger partial charge in [-0.3, -0.25) is 9.59 Å². The van der Waals surface area contributed by atoms with E-state index in [0.717, 1.165) is 0 Å². The molecule has 0 bridgehead atoms. The number of carboxylic acids is 1. The first-order chi connectivity index (χ1) is 15.7. The van der Waals surface area contributed by atoms with Gasteiger partial charge in [0.1, 0.15) is 29.0 Å². The number of amides is 1. The van der Waals surface area contributed by atoms with E-state index in [1.807, 2.05) is 0 Å². The van der Waals surface area contributed by atoms with Crippen molar-refractivity contribution in [3.05, 3.63) is 53.3 Å². The predicted molar refractivity (Wildman–Crippen MR) is 119 cm³/mol. The van der Waals surface area contributed by atoms with E-state index >= 15 is 0 Å². The normalized spacial score (nSPS) is 14.5. The standard InChI is InChI=1S/C24H25NO8/c1-13(2)22(24(28)29)25-21(26)12-32-16-7-8-17-19(11-16)33-20(23(17)27)9-14-5-6-15(30-3)10-18(14)31-4/h5-11,13,22H,12H2,1-4H3,(H,25,26)(H,28,29)/b20-9-/t22-/m1/s1. The van der Waals surface area contributed by atoms with Crippen LogP contribution in [0.15, 0.2) is 42.2 Å². The number of methoxy groups -OCH3 is 2. The molecule has 0 radical (unpaired) electrons. The first-order valence-electron chi connectivity index (χ1n) is 10.2. The smallest absolute Gasteiger partial charge is 0.326 e. The van der Waals surface area contributed by atoms with Gasteiger partial charge >= 0.3 is 5.97 Å². The molecular formula is C24H25NO8. The van der Waals surface area contributed by atoms with Crippen LogP contribution in [0.5, 0.6) is 23.0 Å². The van der Waals surface area contributed by atoms with Crippen molar-refractivity contribution in [1.29, 1.82) is 0 Å². The Morgan fingerprint density at radius 1 is 1.09 bits per heavy atom. The van der Waals surface area contributed by atoms with Crippen LogP contribution in [0.3, 0.4) is 0 Å². The maximum atomic E-state index is 12.7. The summed E-state index contributed by atoms with van der Waals surface area (Å²) >= 11 is 0. The SMILES string of the molecule is COc1ccc(/C=C2\Oc3cc(OCC(=O)N[C@@H](C(=O)O)C(C)C)ccc3C2=O)c(OC)c1. The van der Waals surface area contributed by atoms with E-state index in [-0.39, 0.29) is 24.1 Å². The van der Waals surface area contributed by atoms with Gasteiger partial charge in [0.15, 0.2) is 12.4 Å². The molecule has 2 N–H and O–H groups in total. The molecule has 1 atom stereocenters. The van der Waals surface area contributed by atoms with Gasteiger partial charge < -0.3 is 29.4 Å². The van der Waals surface area contributed by atoms with Gasteiger partial charge in [-0.25, -0.2) is 4.79 Å². The summed E-state index contributed by atoms with van der Waals surface area (Å²) < 4.78 is 21.7. The zero-order valence-corrected chi connectivity index (χ0v) is 18.7. The molecule has 33 heavy (non-hydrogen) atoms. The van der Waals surface area contributed by atoms with Crippen LogP contribution in [0.1, 0.15) is 29.8 Å². The van der Waals surface area contributed by atoms with Crippen molar-refractivity contribution in [1.82, 2.24) is 5.32 Å². The molecule has 1 aliphatic rings. The third kappa shape index (κ3) is 5.43. The van der Waals surface area contributed by atoms with Crippen molar-refractivity contribution >= 4 is 23.7 Å². The summed E-state index contributed by atoms with van der Waals surface area (Å²) in [5.74, 6) is -0.413. The fourth-order valence-electron chi connectivity index (χ4n) is 3.21. The molecule has 1 amide bonds. The number of carboxylic acid groups (broad SMARTS) is 1. The van der Waals surface area contributed by atoms with E-state index in [1.165, 1.54) is 13.2 Å². The molecule has 2 aromatic rings. The Kier molecular flexibility index (Phi) is 7.22. The number of hydrogen-bond donors (Lipinski definition) is 2. The van der Waals surface area contributed by atoms with E-state index in [1.54, 1.807) is 57.4 Å². The highest BCUT2D eigenvalue weighted by Gasteiger charge is 2.28. The van der Waals surface area contributed by atoms with Crippen LogP contribution < -0.4 is 24.3 Å². The Balaban J connectivity index is 1.70. The van der Waals surface area contributed by atoms with Gasteiger partial charge in [-0.1, -0.05) is 13.8 Å². The van der Waals surface area contributed by atoms with Crippen LogP contribution in [-0.4, -0.2) is 49.6 Å². The van der Waals surface area contributed by atoms with E-state index in [4.69, 9.17) is 18.9 Å². The highest BCUT2D eigenvalue weighted by molar-refractivity contribution is 6.14. The number of benzene rings is 2. The van der Waals surface area contributed by atoms with Crippen molar-refractivity contribution in [3.63, 3.8) is 0 Å². The molecule has 0 saturated carbocycles. The summed E-state index contributed by atoms with van der Waals surface area (Å²) in [6, 6.07) is 8.77. The van der Waals surface area contributed by atoms with E-state index < -0.39 is 17.9 Å². The summed E-state index contributed by atoms with van der Waals surface area (Å²) in [6.45, 7) is 3.01. The minimum atomic E-state index is -1.12. The molecule has 9 nitrogen and oxygen atoms in total. The van der Waals surface area contributed by atoms with Gasteiger partial charge in [0.25, 0.3) is 5.91 Å². The van der Waals surface area contributed by atoms with E-state index in [0.29, 0.717) is 34.1 Å². The predicted octanol–water partition coefficient (Wildman–Crippen LogP) is 2.92. The van der Waals surface area contributed by atoms with E-state index in [2.05, 4.69) is 5.32 Å². The number of ether oxygens (including phenoxy) is 4. The Morgan fingerprint density at radius 3 is 2.45 bits per heavy atom. The number of nitrogens with one attached hydrogen (secondary N) is 1. The number of aliphatic carboxylic acids is 1. The molecule has 0 aromatic heterocycles. The van der Waals surface area contributed by atoms with Crippen molar-refractivity contribution in [2.75, 3.05) is 20.8 Å². The average Bonchev–Trinajstić information content (AvgIpc) is 3.10. The lowest BCUT2D eigenvalue weighted by molar-refractivity contribution is -0.143. The number of hydrogen-bond acceptors (Lipinski definition) is 7. The number of fused-ring (bicyclic) bond motifs is 1. The lowest BCUT2D eigenvalue weighted by atomic mass is 10.1. The Bertz CT molecular complexity index is 1110. The van der Waals surface area contributed by atoms with Crippen molar-refractivity contribution in [2.45, 2.75) is 19.9 Å². The number of ketones is 1. The topological polar surface area (TPSA) is 120 Å². The molecule has 3 rings (SSSR count). The molecular weight excluding hydrogens is 430 g/mol. The Morgan fingerprint density at radius 2 is 1.82 bits per heavy atom. The average molecular weight is 455 g/mol. The fraction of sp³-hybridized carbons (Fsp3) is 0.292. The second kappa shape index (κ2) is 10.1. The molecule has 9 heteroatoms. The zero-order valence-electron chi connectivity index (χ0n) is 18.7. The molecule has 1 aliphatic heterocycles. The van der Waals surface area contributed by atoms with Crippen molar-refractivity contribution < 1.29 is 38.4 Å². The second-order valence-electron chi connectivity index (χ2n) is 7.62. The number of rotatable bonds is 9. The molecule has 1 heterocycles. The Labute approximate surface area is 190 Å². The molecule has 0 aliphatic carbocycles. The molecule has 0 unspecified atom stereocenters. The summed E-state index contributed by atoms with van der Waals surface area (Å²) in [5.41, 5.74) is 0.997. The lowest BCUT2D eigenvalue weighted by Crippen LogP contribution is -2.46. The highest BCUT2D eigenvalue weighted by atomic mass is 16.5. The summed E-state index contributed by atoms with van der Waals surface area (Å²) in [4.78, 5) is 36.0. The zero-order chi connectivity index (χ0) is 24.1. The quantitative estimate of drug-likeness (QED) is 0.554. The van der Waals surface area contributed by atoms with Crippen LogP contribution in [0.2, 0.25) is 0 Å². The van der Waals surface area contributed by atoms with Crippen molar-refractivity contribution in [3.8, 4) is 23.0 Å². The van der Waals surface area contributed by atoms with Gasteiger partial charge in [-0.2, -0.15) is 0 Å². The number of carbonyl (C=O) groups excluding carboxylic acids is 2. The second-order valence-corrected chi connectivity index (χ2v) is 7.62. The van der Waals surface area contributed by atoms with Gasteiger partial charge in [0, 0.05) is 17.7 Å². The van der Waals surface area contributed by atoms with Gasteiger partial charge in [-0.15, -0.1) is 0 Å². The van der Waals surface area contributed by atoms with Crippen LogP contribution in [-0.2, 0) is 9.59 Å². The molecule has 0 spiro atoms. The third-order valence-electron chi connectivity index (χ3n) is 4.99. The van der Waals surface area contributed by atoms with Gasteiger partial charge in [0.2, 0.25) is 5.78 Å². The first-order valence-corrected chi connectivity index (χ1v) is 10.2. The maximum absolute atomic E-state index is 12.7. The monoisotopic (exact) mass is 455 g/mol. The number of allylic oxidation sites excluding steroid dienone is 1. The van der Waals surface area contributed by atoms with Crippen LogP contribution >= 0.6 is 0 Å². The lowest BCUT2D eigenvalue weighted by Gasteiger charge is -2.18. The minimum absolute atomic E-state index is 0.115. The molecule has 0 fully saturated rings. The molecule has 0 saturated heterocycles. The molecule has 174 valence electrons. The summed E-state index contributed by atoms with van der Waals surface area (Å²) in [5, 5.41) is 11.6. The van der Waals surface area contributed by atoms with Crippen LogP contribution in [0.4, 0.5) is 0 Å². The Hall–Kier alpha value is -4.01. The summed E-state index contributed by atoms with van der Waals surface area (Å²) in [6.07, 6.45) is 1.58. The first kappa shape index (κ1) is 23.6. The minimum Gasteiger partial charge on any atom is -0.497 e. The van der Waals surface area contributed by atoms with Gasteiger partial charge in [0.05, 0.1) is 19.8 Å². The van der Waals surface area contributed by atoms with Crippen LogP contribution in [0.25, 0.3) is 6.08 Å². The third-order valence-corrected chi connectivity index (χ3v) is 4.99. The molecule has 2 aromatic carbocycles. The highest BCUT2D eigenvalue weighted by Crippen LogP contribution is 2.36. The van der Waals surface area contributed by atoms with Crippen molar-refractivity contribution in [2.24, 2.45) is 5.92 Å². The fourth-order valence-corrected chi connectivity index (χ4v) is 3.21. The van der Waals surface area contributed by atoms with E-state index in [9.17, 15) is 19.5 Å². The number of carbonyl (C=O) groups is 3. The largest absolute Gasteiger partial charge is 0.497 e. The summed E-state index contributed by atoms with van der Waals surface area (Å²) in [7, 11) is 3.06. The van der Waals surface area contributed by atoms with Crippen LogP contribution in [0, 0.1) is 5.92 Å². The van der Waals surface area contributed by atoms with Gasteiger partial charge in [-0.05, 0) is 36.3 Å². The number of Topliss-reactive ketones (excluding diaryl/α,β-unsaturated/α-hetero) is 1. The maximum Gasteiger partial charge on any atom is 0.326 e.